The highest BCUT2D eigenvalue weighted by Gasteiger charge is 2.07. The third kappa shape index (κ3) is 3.92. The molecule has 0 saturated carbocycles. The van der Waals surface area contributed by atoms with Crippen molar-refractivity contribution >= 4 is 22.9 Å². The van der Waals surface area contributed by atoms with Crippen molar-refractivity contribution < 1.29 is 9.13 Å². The minimum Gasteiger partial charge on any atom is -0.497 e. The number of nitrogens with two attached hydrogens (primary N) is 1. The molecule has 0 fully saturated rings. The van der Waals surface area contributed by atoms with Crippen LogP contribution in [0.15, 0.2) is 42.5 Å². The molecular weight excluding hydrogens is 287 g/mol. The number of methoxy groups -OCH3 is 1. The molecule has 0 unspecified atom stereocenters. The topological polar surface area (TPSA) is 38.5 Å². The Morgan fingerprint density at radius 2 is 2.05 bits per heavy atom. The molecule has 0 aliphatic heterocycles. The van der Waals surface area contributed by atoms with Gasteiger partial charge in [-0.25, -0.2) is 4.39 Å². The van der Waals surface area contributed by atoms with E-state index in [9.17, 15) is 4.39 Å². The molecule has 0 aliphatic rings. The first kappa shape index (κ1) is 15.3. The van der Waals surface area contributed by atoms with Crippen LogP contribution in [0.1, 0.15) is 11.1 Å². The summed E-state index contributed by atoms with van der Waals surface area (Å²) in [5.41, 5.74) is 7.90. The molecule has 0 aliphatic carbocycles. The SMILES string of the molecule is COc1cccc(N(C)Cc2cc(F)cc(C(N)=S)c2)c1. The highest BCUT2D eigenvalue weighted by atomic mass is 32.1. The maximum Gasteiger partial charge on any atom is 0.124 e. The fraction of sp³-hybridized carbons (Fsp3) is 0.188. The number of hydrogen-bond acceptors (Lipinski definition) is 3. The zero-order valence-corrected chi connectivity index (χ0v) is 12.8. The molecular formula is C16H17FN2OS. The molecule has 2 aromatic rings. The Labute approximate surface area is 129 Å². The predicted octanol–water partition coefficient (Wildman–Crippen LogP) is 3.10. The molecule has 0 spiro atoms. The third-order valence-electron chi connectivity index (χ3n) is 3.16. The second kappa shape index (κ2) is 6.54. The van der Waals surface area contributed by atoms with Crippen molar-refractivity contribution in [2.75, 3.05) is 19.1 Å². The van der Waals surface area contributed by atoms with E-state index in [1.165, 1.54) is 12.1 Å². The van der Waals surface area contributed by atoms with Gasteiger partial charge >= 0.3 is 0 Å². The van der Waals surface area contributed by atoms with E-state index in [2.05, 4.69) is 0 Å². The Hall–Kier alpha value is -2.14. The van der Waals surface area contributed by atoms with E-state index in [0.717, 1.165) is 17.0 Å². The number of halogens is 1. The van der Waals surface area contributed by atoms with Gasteiger partial charge in [-0.3, -0.25) is 0 Å². The number of hydrogen-bond donors (Lipinski definition) is 1. The quantitative estimate of drug-likeness (QED) is 0.862. The third-order valence-corrected chi connectivity index (χ3v) is 3.39. The molecule has 0 amide bonds. The molecule has 5 heteroatoms. The highest BCUT2D eigenvalue weighted by Crippen LogP contribution is 2.22. The smallest absolute Gasteiger partial charge is 0.124 e. The second-order valence-corrected chi connectivity index (χ2v) is 5.21. The summed E-state index contributed by atoms with van der Waals surface area (Å²) in [4.78, 5) is 2.19. The predicted molar refractivity (Wildman–Crippen MR) is 87.4 cm³/mol. The van der Waals surface area contributed by atoms with Gasteiger partial charge in [-0.2, -0.15) is 0 Å². The lowest BCUT2D eigenvalue weighted by molar-refractivity contribution is 0.415. The molecule has 0 atom stereocenters. The van der Waals surface area contributed by atoms with Crippen molar-refractivity contribution in [3.8, 4) is 5.75 Å². The van der Waals surface area contributed by atoms with Crippen molar-refractivity contribution in [2.24, 2.45) is 5.73 Å². The molecule has 0 heterocycles. The summed E-state index contributed by atoms with van der Waals surface area (Å²) < 4.78 is 18.8. The minimum atomic E-state index is -0.339. The lowest BCUT2D eigenvalue weighted by atomic mass is 10.1. The zero-order valence-electron chi connectivity index (χ0n) is 12.0. The van der Waals surface area contributed by atoms with E-state index in [4.69, 9.17) is 22.7 Å². The van der Waals surface area contributed by atoms with Gasteiger partial charge in [0.2, 0.25) is 0 Å². The number of benzene rings is 2. The maximum absolute atomic E-state index is 13.6. The van der Waals surface area contributed by atoms with Crippen LogP contribution in [0.2, 0.25) is 0 Å². The average Bonchev–Trinajstić information content (AvgIpc) is 2.46. The van der Waals surface area contributed by atoms with Crippen LogP contribution in [0, 0.1) is 5.82 Å². The Morgan fingerprint density at radius 3 is 2.71 bits per heavy atom. The monoisotopic (exact) mass is 304 g/mol. The van der Waals surface area contributed by atoms with Crippen molar-refractivity contribution in [1.29, 1.82) is 0 Å². The van der Waals surface area contributed by atoms with Gasteiger partial charge in [-0.05, 0) is 35.9 Å². The Bertz CT molecular complexity index is 660. The van der Waals surface area contributed by atoms with Crippen LogP contribution in [0.25, 0.3) is 0 Å². The van der Waals surface area contributed by atoms with Gasteiger partial charge in [0.25, 0.3) is 0 Å². The summed E-state index contributed by atoms with van der Waals surface area (Å²) in [5.74, 6) is 0.441. The molecule has 0 bridgehead atoms. The van der Waals surface area contributed by atoms with Crippen LogP contribution < -0.4 is 15.4 Å². The first-order chi connectivity index (χ1) is 9.99. The van der Waals surface area contributed by atoms with Crippen LogP contribution in [-0.2, 0) is 6.54 Å². The van der Waals surface area contributed by atoms with Crippen LogP contribution >= 0.6 is 12.2 Å². The van der Waals surface area contributed by atoms with Gasteiger partial charge in [0.15, 0.2) is 0 Å². The molecule has 2 aromatic carbocycles. The molecule has 110 valence electrons. The zero-order chi connectivity index (χ0) is 15.4. The summed E-state index contributed by atoms with van der Waals surface area (Å²) >= 11 is 4.90. The standard InChI is InChI=1S/C16H17FN2OS/c1-19(14-4-3-5-15(9-14)20-2)10-11-6-12(16(18)21)8-13(17)7-11/h3-9H,10H2,1-2H3,(H2,18,21). The van der Waals surface area contributed by atoms with Crippen LogP contribution in [0.5, 0.6) is 5.75 Å². The fourth-order valence-electron chi connectivity index (χ4n) is 2.10. The first-order valence-corrected chi connectivity index (χ1v) is 6.85. The highest BCUT2D eigenvalue weighted by molar-refractivity contribution is 7.80. The van der Waals surface area contributed by atoms with Gasteiger partial charge in [-0.1, -0.05) is 18.3 Å². The summed E-state index contributed by atoms with van der Waals surface area (Å²) in [6.45, 7) is 0.542. The lowest BCUT2D eigenvalue weighted by Gasteiger charge is -2.20. The molecule has 21 heavy (non-hydrogen) atoms. The van der Waals surface area contributed by atoms with Crippen molar-refractivity contribution in [2.45, 2.75) is 6.54 Å². The van der Waals surface area contributed by atoms with E-state index in [0.29, 0.717) is 12.1 Å². The van der Waals surface area contributed by atoms with Gasteiger partial charge < -0.3 is 15.4 Å². The van der Waals surface area contributed by atoms with E-state index >= 15 is 0 Å². The van der Waals surface area contributed by atoms with Crippen LogP contribution in [0.3, 0.4) is 0 Å². The Balaban J connectivity index is 2.22. The first-order valence-electron chi connectivity index (χ1n) is 6.44. The molecule has 0 radical (unpaired) electrons. The normalized spacial score (nSPS) is 10.2. The number of nitrogens with zero attached hydrogens (tertiary/aromatic N) is 1. The van der Waals surface area contributed by atoms with Crippen molar-refractivity contribution in [3.05, 3.63) is 59.4 Å². The van der Waals surface area contributed by atoms with Gasteiger partial charge in [-0.15, -0.1) is 0 Å². The van der Waals surface area contributed by atoms with Gasteiger partial charge in [0.1, 0.15) is 16.6 Å². The maximum atomic E-state index is 13.6. The van der Waals surface area contributed by atoms with Crippen LogP contribution in [0.4, 0.5) is 10.1 Å². The summed E-state index contributed by atoms with van der Waals surface area (Å²) in [7, 11) is 3.56. The molecule has 0 saturated heterocycles. The summed E-state index contributed by atoms with van der Waals surface area (Å²) in [6.07, 6.45) is 0. The van der Waals surface area contributed by atoms with Crippen molar-refractivity contribution in [1.82, 2.24) is 0 Å². The van der Waals surface area contributed by atoms with Crippen molar-refractivity contribution in [3.63, 3.8) is 0 Å². The van der Waals surface area contributed by atoms with Gasteiger partial charge in [0, 0.05) is 30.9 Å². The fourth-order valence-corrected chi connectivity index (χ4v) is 2.21. The number of anilines is 1. The molecule has 0 aromatic heterocycles. The largest absolute Gasteiger partial charge is 0.497 e. The molecule has 3 nitrogen and oxygen atoms in total. The van der Waals surface area contributed by atoms with E-state index < -0.39 is 0 Å². The number of rotatable bonds is 5. The number of ether oxygens (including phenoxy) is 1. The van der Waals surface area contributed by atoms with E-state index in [-0.39, 0.29) is 10.8 Å². The molecule has 2 rings (SSSR count). The minimum absolute atomic E-state index is 0.194. The van der Waals surface area contributed by atoms with E-state index in [1.54, 1.807) is 7.11 Å². The Morgan fingerprint density at radius 1 is 1.29 bits per heavy atom. The summed E-state index contributed by atoms with van der Waals surface area (Å²) in [6, 6.07) is 12.3. The second-order valence-electron chi connectivity index (χ2n) is 4.77. The average molecular weight is 304 g/mol. The lowest BCUT2D eigenvalue weighted by Crippen LogP contribution is -2.17. The number of thiocarbonyl (C=S) groups is 1. The Kier molecular flexibility index (Phi) is 4.75. The molecule has 2 N–H and O–H groups in total. The van der Waals surface area contributed by atoms with Crippen LogP contribution in [-0.4, -0.2) is 19.1 Å². The van der Waals surface area contributed by atoms with E-state index in [1.807, 2.05) is 42.3 Å². The van der Waals surface area contributed by atoms with Gasteiger partial charge in [0.05, 0.1) is 7.11 Å². The summed E-state index contributed by atoms with van der Waals surface area (Å²) in [5, 5.41) is 0.